The van der Waals surface area contributed by atoms with E-state index in [1.165, 1.54) is 0 Å². The maximum atomic E-state index is 6.26. The Morgan fingerprint density at radius 1 is 0.917 bits per heavy atom. The van der Waals surface area contributed by atoms with Gasteiger partial charge in [0.05, 0.1) is 25.4 Å². The summed E-state index contributed by atoms with van der Waals surface area (Å²) in [6.07, 6.45) is 2.96. The molecule has 4 nitrogen and oxygen atoms in total. The summed E-state index contributed by atoms with van der Waals surface area (Å²) in [5.74, 6) is 0. The highest BCUT2D eigenvalue weighted by Crippen LogP contribution is 2.31. The van der Waals surface area contributed by atoms with Crippen LogP contribution in [0.5, 0.6) is 0 Å². The average Bonchev–Trinajstić information content (AvgIpc) is 2.43. The third kappa shape index (κ3) is 4.94. The smallest absolute Gasteiger partial charge is 0.0707 e. The van der Waals surface area contributed by atoms with E-state index in [1.807, 2.05) is 0 Å². The van der Waals surface area contributed by atoms with Gasteiger partial charge in [-0.2, -0.15) is 0 Å². The van der Waals surface area contributed by atoms with Crippen LogP contribution in [0.15, 0.2) is 0 Å². The predicted octanol–water partition coefficient (Wildman–Crippen LogP) is 3.54. The van der Waals surface area contributed by atoms with Crippen LogP contribution in [0.1, 0.15) is 68.2 Å². The van der Waals surface area contributed by atoms with Crippen molar-refractivity contribution in [3.05, 3.63) is 0 Å². The molecule has 0 aliphatic carbocycles. The van der Waals surface area contributed by atoms with Gasteiger partial charge in [-0.1, -0.05) is 0 Å². The number of hydrogen-bond acceptors (Lipinski definition) is 4. The van der Waals surface area contributed by atoms with E-state index in [-0.39, 0.29) is 11.1 Å². The normalized spacial score (nSPS) is 34.5. The number of rotatable bonds is 4. The summed E-state index contributed by atoms with van der Waals surface area (Å²) in [6, 6.07) is 0.974. The van der Waals surface area contributed by atoms with Crippen LogP contribution in [0.4, 0.5) is 0 Å². The van der Waals surface area contributed by atoms with Gasteiger partial charge in [0, 0.05) is 36.3 Å². The Morgan fingerprint density at radius 2 is 1.50 bits per heavy atom. The average molecular weight is 341 g/mol. The predicted molar refractivity (Wildman–Crippen MR) is 101 cm³/mol. The standard InChI is InChI=1S/C20H40N2O2/c1-15-13-23-14-16(2)22(15)20(7,8)10-9-18-12-21(19(4,5)6)11-17(3)24-18/h15-18H,9-14H2,1-8H3/t15-,16+,17-,18+/m0/s1. The number of hydrogen-bond donors (Lipinski definition) is 0. The van der Waals surface area contributed by atoms with Crippen molar-refractivity contribution in [1.29, 1.82) is 0 Å². The van der Waals surface area contributed by atoms with Gasteiger partial charge >= 0.3 is 0 Å². The van der Waals surface area contributed by atoms with Crippen molar-refractivity contribution in [2.24, 2.45) is 0 Å². The van der Waals surface area contributed by atoms with Gasteiger partial charge in [0.25, 0.3) is 0 Å². The molecule has 0 bridgehead atoms. The molecule has 4 atom stereocenters. The summed E-state index contributed by atoms with van der Waals surface area (Å²) in [7, 11) is 0. The molecule has 0 aromatic heterocycles. The monoisotopic (exact) mass is 340 g/mol. The maximum absolute atomic E-state index is 6.26. The third-order valence-electron chi connectivity index (χ3n) is 5.72. The highest BCUT2D eigenvalue weighted by Gasteiger charge is 2.38. The second kappa shape index (κ2) is 7.61. The molecule has 0 radical (unpaired) electrons. The first-order valence-electron chi connectivity index (χ1n) is 9.77. The van der Waals surface area contributed by atoms with Crippen LogP contribution >= 0.6 is 0 Å². The number of morpholine rings is 2. The van der Waals surface area contributed by atoms with E-state index < -0.39 is 0 Å². The zero-order valence-electron chi connectivity index (χ0n) is 17.3. The summed E-state index contributed by atoms with van der Waals surface area (Å²) >= 11 is 0. The molecule has 2 rings (SSSR count). The molecule has 0 N–H and O–H groups in total. The van der Waals surface area contributed by atoms with Crippen molar-refractivity contribution >= 4 is 0 Å². The molecular weight excluding hydrogens is 300 g/mol. The van der Waals surface area contributed by atoms with Crippen molar-refractivity contribution in [3.63, 3.8) is 0 Å². The van der Waals surface area contributed by atoms with Crippen molar-refractivity contribution < 1.29 is 9.47 Å². The van der Waals surface area contributed by atoms with Crippen LogP contribution in [0, 0.1) is 0 Å². The van der Waals surface area contributed by atoms with Crippen molar-refractivity contribution in [2.45, 2.75) is 104 Å². The van der Waals surface area contributed by atoms with E-state index in [4.69, 9.17) is 9.47 Å². The Balaban J connectivity index is 1.95. The first-order valence-corrected chi connectivity index (χ1v) is 9.77. The summed E-state index contributed by atoms with van der Waals surface area (Å²) in [5, 5.41) is 0. The van der Waals surface area contributed by atoms with Crippen LogP contribution in [0.3, 0.4) is 0 Å². The molecule has 2 saturated heterocycles. The minimum absolute atomic E-state index is 0.180. The highest BCUT2D eigenvalue weighted by molar-refractivity contribution is 4.92. The molecule has 0 spiro atoms. The molecule has 2 aliphatic heterocycles. The van der Waals surface area contributed by atoms with Gasteiger partial charge in [-0.15, -0.1) is 0 Å². The summed E-state index contributed by atoms with van der Waals surface area (Å²) in [4.78, 5) is 5.24. The minimum atomic E-state index is 0.180. The van der Waals surface area contributed by atoms with E-state index in [0.717, 1.165) is 39.1 Å². The molecule has 0 unspecified atom stereocenters. The zero-order valence-corrected chi connectivity index (χ0v) is 17.3. The minimum Gasteiger partial charge on any atom is -0.378 e. The third-order valence-corrected chi connectivity index (χ3v) is 5.72. The van der Waals surface area contributed by atoms with Gasteiger partial charge < -0.3 is 9.47 Å². The Kier molecular flexibility index (Phi) is 6.39. The second-order valence-corrected chi connectivity index (χ2v) is 9.64. The van der Waals surface area contributed by atoms with E-state index >= 15 is 0 Å². The fraction of sp³-hybridized carbons (Fsp3) is 1.00. The Hall–Kier alpha value is -0.160. The SMILES string of the molecule is C[C@@H]1COC[C@H](C)N1C(C)(C)CC[C@@H]1CN(C(C)(C)C)C[C@H](C)O1. The molecule has 0 amide bonds. The Morgan fingerprint density at radius 3 is 2.04 bits per heavy atom. The summed E-state index contributed by atoms with van der Waals surface area (Å²) in [5.41, 5.74) is 0.401. The molecule has 2 fully saturated rings. The molecule has 4 heteroatoms. The van der Waals surface area contributed by atoms with Gasteiger partial charge in [-0.25, -0.2) is 0 Å². The van der Waals surface area contributed by atoms with Crippen molar-refractivity contribution in [2.75, 3.05) is 26.3 Å². The molecule has 0 aromatic rings. The second-order valence-electron chi connectivity index (χ2n) is 9.64. The lowest BCUT2D eigenvalue weighted by molar-refractivity contribution is -0.115. The summed E-state index contributed by atoms with van der Waals surface area (Å²) in [6.45, 7) is 22.3. The lowest BCUT2D eigenvalue weighted by atomic mass is 9.89. The fourth-order valence-electron chi connectivity index (χ4n) is 4.59. The van der Waals surface area contributed by atoms with Crippen LogP contribution in [0.25, 0.3) is 0 Å². The molecule has 2 heterocycles. The van der Waals surface area contributed by atoms with E-state index in [1.54, 1.807) is 0 Å². The molecule has 0 saturated carbocycles. The van der Waals surface area contributed by atoms with Gasteiger partial charge in [-0.05, 0) is 68.2 Å². The molecule has 0 aromatic carbocycles. The first kappa shape index (κ1) is 20.2. The van der Waals surface area contributed by atoms with Crippen LogP contribution in [-0.4, -0.2) is 71.5 Å². The van der Waals surface area contributed by atoms with Gasteiger partial charge in [0.15, 0.2) is 0 Å². The van der Waals surface area contributed by atoms with Gasteiger partial charge in [0.1, 0.15) is 0 Å². The maximum Gasteiger partial charge on any atom is 0.0707 e. The lowest BCUT2D eigenvalue weighted by Gasteiger charge is -2.50. The molecule has 142 valence electrons. The fourth-order valence-corrected chi connectivity index (χ4v) is 4.59. The number of nitrogens with zero attached hydrogens (tertiary/aromatic N) is 2. The molecule has 24 heavy (non-hydrogen) atoms. The molecule has 2 aliphatic rings. The molecular formula is C20H40N2O2. The van der Waals surface area contributed by atoms with Gasteiger partial charge in [0.2, 0.25) is 0 Å². The first-order chi connectivity index (χ1) is 11.0. The van der Waals surface area contributed by atoms with Crippen molar-refractivity contribution in [3.8, 4) is 0 Å². The van der Waals surface area contributed by atoms with Gasteiger partial charge in [-0.3, -0.25) is 9.80 Å². The number of ether oxygens (including phenoxy) is 2. The quantitative estimate of drug-likeness (QED) is 0.781. The summed E-state index contributed by atoms with van der Waals surface area (Å²) < 4.78 is 12.0. The zero-order chi connectivity index (χ0) is 18.1. The van der Waals surface area contributed by atoms with Crippen LogP contribution < -0.4 is 0 Å². The van der Waals surface area contributed by atoms with E-state index in [9.17, 15) is 0 Å². The Bertz CT molecular complexity index is 395. The van der Waals surface area contributed by atoms with Crippen LogP contribution in [0.2, 0.25) is 0 Å². The lowest BCUT2D eigenvalue weighted by Crippen LogP contribution is -2.59. The van der Waals surface area contributed by atoms with Crippen LogP contribution in [-0.2, 0) is 9.47 Å². The van der Waals surface area contributed by atoms with Crippen molar-refractivity contribution in [1.82, 2.24) is 9.80 Å². The Labute approximate surface area is 149 Å². The van der Waals surface area contributed by atoms with E-state index in [2.05, 4.69) is 65.2 Å². The van der Waals surface area contributed by atoms with E-state index in [0.29, 0.717) is 24.3 Å². The largest absolute Gasteiger partial charge is 0.378 e. The highest BCUT2D eigenvalue weighted by atomic mass is 16.5. The topological polar surface area (TPSA) is 24.9 Å².